The molecule has 0 aromatic carbocycles. The van der Waals surface area contributed by atoms with E-state index in [9.17, 15) is 0 Å². The fourth-order valence-corrected chi connectivity index (χ4v) is 0.329. The monoisotopic (exact) mass is 378 g/mol. The van der Waals surface area contributed by atoms with Gasteiger partial charge in [0.05, 0.1) is 5.09 Å². The molecule has 0 heterocycles. The van der Waals surface area contributed by atoms with Gasteiger partial charge in [-0.2, -0.15) is 0 Å². The van der Waals surface area contributed by atoms with Crippen molar-refractivity contribution in [3.63, 3.8) is 0 Å². The summed E-state index contributed by atoms with van der Waals surface area (Å²) in [5, 5.41) is 17.8. The van der Waals surface area contributed by atoms with Crippen molar-refractivity contribution < 1.29 is 31.6 Å². The normalized spacial score (nSPS) is 6.92. The molecule has 0 aliphatic rings. The fraction of sp³-hybridized carbons (Fsp3) is 1.00. The molecule has 0 spiro atoms. The summed E-state index contributed by atoms with van der Waals surface area (Å²) < 4.78 is 0. The first-order valence-electron chi connectivity index (χ1n) is 3.07. The molecule has 0 aromatic rings. The van der Waals surface area contributed by atoms with Gasteiger partial charge in [0.1, 0.15) is 0 Å². The Morgan fingerprint density at radius 1 is 1.15 bits per heavy atom. The van der Waals surface area contributed by atoms with E-state index in [1.54, 1.807) is 0 Å². The Morgan fingerprint density at radius 2 is 1.38 bits per heavy atom. The predicted molar refractivity (Wildman–Crippen MR) is 45.0 cm³/mol. The molecule has 8 nitrogen and oxygen atoms in total. The first kappa shape index (κ1) is 23.0. The van der Waals surface area contributed by atoms with E-state index in [1.807, 2.05) is 0 Å². The number of nitrogens with two attached hydrogens (primary N) is 2. The van der Waals surface area contributed by atoms with E-state index in [-0.39, 0.29) is 26.5 Å². The molecule has 0 aliphatic heterocycles. The molecule has 0 atom stereocenters. The second kappa shape index (κ2) is 22.6. The molecule has 7 N–H and O–H groups in total. The summed E-state index contributed by atoms with van der Waals surface area (Å²) in [6, 6.07) is 0. The van der Waals surface area contributed by atoms with E-state index in [4.69, 9.17) is 26.8 Å². The van der Waals surface area contributed by atoms with Crippen molar-refractivity contribution in [1.82, 2.24) is 5.32 Å². The van der Waals surface area contributed by atoms with E-state index in [0.29, 0.717) is 13.1 Å². The van der Waals surface area contributed by atoms with Crippen LogP contribution in [0.4, 0.5) is 0 Å². The van der Waals surface area contributed by atoms with Crippen molar-refractivity contribution in [2.75, 3.05) is 26.2 Å². The van der Waals surface area contributed by atoms with E-state index >= 15 is 0 Å². The van der Waals surface area contributed by atoms with Gasteiger partial charge in [-0.3, -0.25) is 0 Å². The van der Waals surface area contributed by atoms with Crippen molar-refractivity contribution >= 4 is 0 Å². The number of nitrogens with one attached hydrogen (secondary N) is 1. The number of nitrogens with zero attached hydrogens (tertiary/aromatic N) is 1. The van der Waals surface area contributed by atoms with Crippen LogP contribution in [0.15, 0.2) is 0 Å². The Hall–Kier alpha value is -0.272. The van der Waals surface area contributed by atoms with Gasteiger partial charge in [-0.25, -0.2) is 0 Å². The molecule has 0 unspecified atom stereocenters. The predicted octanol–water partition coefficient (Wildman–Crippen LogP) is -2.57. The average Bonchev–Trinajstić information content (AvgIpc) is 1.88. The van der Waals surface area contributed by atoms with Crippen molar-refractivity contribution in [2.45, 2.75) is 0 Å². The maximum absolute atomic E-state index is 8.25. The molecule has 0 fully saturated rings. The topological polar surface area (TPSA) is 162 Å². The van der Waals surface area contributed by atoms with Crippen LogP contribution in [0.25, 0.3) is 0 Å². The zero-order valence-corrected chi connectivity index (χ0v) is 9.24. The molecule has 0 aromatic heterocycles. The fourth-order valence-electron chi connectivity index (χ4n) is 0.329. The van der Waals surface area contributed by atoms with Crippen LogP contribution in [0.2, 0.25) is 0 Å². The van der Waals surface area contributed by atoms with E-state index < -0.39 is 5.09 Å². The minimum Gasteiger partial charge on any atom is -0.412 e. The van der Waals surface area contributed by atoms with Crippen molar-refractivity contribution in [2.24, 2.45) is 11.5 Å². The van der Waals surface area contributed by atoms with Gasteiger partial charge in [0.2, 0.25) is 0 Å². The quantitative estimate of drug-likeness (QED) is 0.277. The third-order valence-corrected chi connectivity index (χ3v) is 0.642. The van der Waals surface area contributed by atoms with Gasteiger partial charge in [0.25, 0.3) is 0 Å². The summed E-state index contributed by atoms with van der Waals surface area (Å²) in [6.07, 6.45) is 0. The number of rotatable bonds is 4. The first-order chi connectivity index (χ1) is 5.15. The van der Waals surface area contributed by atoms with E-state index in [0.717, 1.165) is 13.1 Å². The van der Waals surface area contributed by atoms with Gasteiger partial charge in [-0.15, -0.1) is 0 Å². The average molecular weight is 378 g/mol. The second-order valence-electron chi connectivity index (χ2n) is 1.55. The van der Waals surface area contributed by atoms with Crippen molar-refractivity contribution in [3.05, 3.63) is 15.3 Å². The van der Waals surface area contributed by atoms with E-state index in [2.05, 4.69) is 5.32 Å². The van der Waals surface area contributed by atoms with Gasteiger partial charge in [0.15, 0.2) is 0 Å². The van der Waals surface area contributed by atoms with Crippen molar-refractivity contribution in [3.8, 4) is 0 Å². The molecular formula is C4H15N4O4Pt+. The van der Waals surface area contributed by atoms with Gasteiger partial charge >= 0.3 is 21.1 Å². The molecule has 13 heavy (non-hydrogen) atoms. The van der Waals surface area contributed by atoms with Gasteiger partial charge in [-0.05, 0) is 0 Å². The largest absolute Gasteiger partial charge is 2.00 e. The van der Waals surface area contributed by atoms with Crippen LogP contribution in [0.5, 0.6) is 0 Å². The molecule has 0 amide bonds. The summed E-state index contributed by atoms with van der Waals surface area (Å²) in [6.45, 7) is 3.13. The summed E-state index contributed by atoms with van der Waals surface area (Å²) in [4.78, 5) is 8.25. The summed E-state index contributed by atoms with van der Waals surface area (Å²) in [5.41, 5.74) is 10.3. The van der Waals surface area contributed by atoms with Crippen LogP contribution < -0.4 is 16.8 Å². The van der Waals surface area contributed by atoms with Crippen LogP contribution >= 0.6 is 0 Å². The molecular weight excluding hydrogens is 363 g/mol. The Bertz CT molecular complexity index is 88.2. The van der Waals surface area contributed by atoms with Gasteiger partial charge in [-0.1, -0.05) is 0 Å². The van der Waals surface area contributed by atoms with Crippen LogP contribution in [-0.2, 0) is 21.1 Å². The molecule has 0 rings (SSSR count). The third-order valence-electron chi connectivity index (χ3n) is 0.642. The molecule has 0 aliphatic carbocycles. The molecule has 84 valence electrons. The zero-order valence-electron chi connectivity index (χ0n) is 6.97. The standard InChI is InChI=1S/C4H13N3.NO3.H2O.Pt/c5-1-3-7-4-2-6;2-1(3)4;;/h7H,1-6H2;;1H2;/q;-1;;+2. The number of hydrogen-bond donors (Lipinski definition) is 3. The first-order valence-corrected chi connectivity index (χ1v) is 3.07. The Labute approximate surface area is 90.3 Å². The second-order valence-corrected chi connectivity index (χ2v) is 1.55. The van der Waals surface area contributed by atoms with Crippen molar-refractivity contribution in [1.29, 1.82) is 0 Å². The van der Waals surface area contributed by atoms with Crippen LogP contribution in [0.3, 0.4) is 0 Å². The molecule has 0 saturated heterocycles. The molecule has 0 bridgehead atoms. The van der Waals surface area contributed by atoms with Crippen LogP contribution in [0, 0.1) is 15.3 Å². The number of hydrogen-bond acceptors (Lipinski definition) is 6. The third kappa shape index (κ3) is 79.9. The Balaban J connectivity index is -0.0000000600. The molecule has 0 radical (unpaired) electrons. The minimum atomic E-state index is -1.75. The maximum Gasteiger partial charge on any atom is 2.00 e. The summed E-state index contributed by atoms with van der Waals surface area (Å²) in [7, 11) is 0. The smallest absolute Gasteiger partial charge is 0.412 e. The molecule has 0 saturated carbocycles. The SMILES string of the molecule is NCCNCCN.O.O=[N+]([O-])[O-].[Pt+2]. The zero-order chi connectivity index (χ0) is 9.11. The van der Waals surface area contributed by atoms with Gasteiger partial charge in [0, 0.05) is 26.2 Å². The summed E-state index contributed by atoms with van der Waals surface area (Å²) >= 11 is 0. The van der Waals surface area contributed by atoms with Crippen LogP contribution in [-0.4, -0.2) is 36.7 Å². The van der Waals surface area contributed by atoms with Crippen LogP contribution in [0.1, 0.15) is 0 Å². The Morgan fingerprint density at radius 3 is 1.54 bits per heavy atom. The minimum absolute atomic E-state index is 0. The molecule has 9 heteroatoms. The van der Waals surface area contributed by atoms with E-state index in [1.165, 1.54) is 0 Å². The van der Waals surface area contributed by atoms with Gasteiger partial charge < -0.3 is 37.6 Å². The maximum atomic E-state index is 8.25. The summed E-state index contributed by atoms with van der Waals surface area (Å²) in [5.74, 6) is 0. The Kier molecular flexibility index (Phi) is 40.0.